The zero-order chi connectivity index (χ0) is 15.1. The summed E-state index contributed by atoms with van der Waals surface area (Å²) in [5.74, 6) is 1.94. The summed E-state index contributed by atoms with van der Waals surface area (Å²) in [5.41, 5.74) is 1.07. The summed E-state index contributed by atoms with van der Waals surface area (Å²) in [6.07, 6.45) is 11.8. The summed E-state index contributed by atoms with van der Waals surface area (Å²) in [4.78, 5) is 16.3. The number of thiazole rings is 1. The van der Waals surface area contributed by atoms with Gasteiger partial charge in [0.2, 0.25) is 5.88 Å². The van der Waals surface area contributed by atoms with Crippen molar-refractivity contribution in [2.75, 3.05) is 5.32 Å². The van der Waals surface area contributed by atoms with Crippen molar-refractivity contribution >= 4 is 22.3 Å². The van der Waals surface area contributed by atoms with E-state index in [4.69, 9.17) is 0 Å². The van der Waals surface area contributed by atoms with Crippen LogP contribution in [0.4, 0.5) is 5.13 Å². The van der Waals surface area contributed by atoms with Gasteiger partial charge in [-0.1, -0.05) is 29.9 Å². The molecule has 116 valence electrons. The quantitative estimate of drug-likeness (QED) is 0.893. The first kappa shape index (κ1) is 14.0. The Hall–Kier alpha value is -1.62. The van der Waals surface area contributed by atoms with Crippen molar-refractivity contribution in [1.82, 2.24) is 4.98 Å². The monoisotopic (exact) mass is 316 g/mol. The lowest BCUT2D eigenvalue weighted by Crippen LogP contribution is -2.25. The Morgan fingerprint density at radius 1 is 1.32 bits per heavy atom. The highest BCUT2D eigenvalue weighted by Gasteiger charge is 2.39. The van der Waals surface area contributed by atoms with E-state index in [0.717, 1.165) is 27.4 Å². The molecule has 0 aromatic carbocycles. The van der Waals surface area contributed by atoms with Crippen molar-refractivity contribution < 1.29 is 9.90 Å². The summed E-state index contributed by atoms with van der Waals surface area (Å²) >= 11 is 1.54. The van der Waals surface area contributed by atoms with Crippen molar-refractivity contribution in [1.29, 1.82) is 0 Å². The first-order valence-corrected chi connectivity index (χ1v) is 8.84. The van der Waals surface area contributed by atoms with E-state index in [-0.39, 0.29) is 11.7 Å². The van der Waals surface area contributed by atoms with Crippen LogP contribution >= 0.6 is 11.3 Å². The molecular weight excluding hydrogens is 296 g/mol. The third-order valence-corrected chi connectivity index (χ3v) is 6.11. The lowest BCUT2D eigenvalue weighted by Gasteiger charge is -2.22. The third kappa shape index (κ3) is 2.70. The van der Waals surface area contributed by atoms with E-state index in [9.17, 15) is 9.90 Å². The first-order chi connectivity index (χ1) is 10.7. The molecule has 3 aliphatic rings. The van der Waals surface area contributed by atoms with Gasteiger partial charge in [0.15, 0.2) is 10.9 Å². The number of aromatic hydroxyl groups is 1. The molecule has 0 aliphatic heterocycles. The summed E-state index contributed by atoms with van der Waals surface area (Å²) in [7, 11) is 0. The van der Waals surface area contributed by atoms with Gasteiger partial charge in [-0.05, 0) is 42.7 Å². The zero-order valence-electron chi connectivity index (χ0n) is 12.4. The van der Waals surface area contributed by atoms with E-state index >= 15 is 0 Å². The molecule has 2 fully saturated rings. The summed E-state index contributed by atoms with van der Waals surface area (Å²) in [6, 6.07) is 0.531. The molecule has 4 nitrogen and oxygen atoms in total. The van der Waals surface area contributed by atoms with E-state index in [0.29, 0.717) is 18.9 Å². The molecule has 1 aromatic heterocycles. The standard InChI is InChI=1S/C17H20N2O2S/c20-13-5-2-10(3-6-13)9-15-16(21)19-17(22-15)18-14-8-11-1-4-12(14)7-11/h2-3,5,11-12,14,21H,1,4,6-9H2,(H,18,19). The van der Waals surface area contributed by atoms with Gasteiger partial charge in [-0.3, -0.25) is 4.79 Å². The number of hydrogen-bond donors (Lipinski definition) is 2. The van der Waals surface area contributed by atoms with Crippen molar-refractivity contribution in [2.45, 2.75) is 44.6 Å². The van der Waals surface area contributed by atoms with Gasteiger partial charge >= 0.3 is 0 Å². The lowest BCUT2D eigenvalue weighted by atomic mass is 9.96. The van der Waals surface area contributed by atoms with Gasteiger partial charge in [-0.15, -0.1) is 0 Å². The molecule has 3 unspecified atom stereocenters. The highest BCUT2D eigenvalue weighted by atomic mass is 32.1. The second kappa shape index (κ2) is 5.54. The molecule has 0 spiro atoms. The normalized spacial score (nSPS) is 29.9. The van der Waals surface area contributed by atoms with Gasteiger partial charge < -0.3 is 10.4 Å². The Kier molecular flexibility index (Phi) is 3.53. The van der Waals surface area contributed by atoms with Gasteiger partial charge in [-0.25, -0.2) is 0 Å². The predicted octanol–water partition coefficient (Wildman–Crippen LogP) is 3.45. The van der Waals surface area contributed by atoms with Crippen LogP contribution in [0.15, 0.2) is 23.8 Å². The van der Waals surface area contributed by atoms with Crippen molar-refractivity contribution in [3.63, 3.8) is 0 Å². The minimum atomic E-state index is 0.127. The number of aromatic nitrogens is 1. The van der Waals surface area contributed by atoms with Crippen LogP contribution in [0.2, 0.25) is 0 Å². The Bertz CT molecular complexity index is 662. The number of fused-ring (bicyclic) bond motifs is 2. The van der Waals surface area contributed by atoms with E-state index in [1.807, 2.05) is 12.2 Å². The molecule has 2 bridgehead atoms. The summed E-state index contributed by atoms with van der Waals surface area (Å²) in [5, 5.41) is 14.4. The van der Waals surface area contributed by atoms with Crippen molar-refractivity contribution in [2.24, 2.45) is 11.8 Å². The van der Waals surface area contributed by atoms with Crippen LogP contribution < -0.4 is 5.32 Å². The SMILES string of the molecule is O=C1C=CC(Cc2sc(NC3CC4CCC3C4)nc2O)=CC1. The van der Waals surface area contributed by atoms with Crippen LogP contribution in [-0.4, -0.2) is 21.9 Å². The number of hydrogen-bond acceptors (Lipinski definition) is 5. The number of carbonyl (C=O) groups is 1. The van der Waals surface area contributed by atoms with Crippen LogP contribution in [0.5, 0.6) is 5.88 Å². The summed E-state index contributed by atoms with van der Waals surface area (Å²) in [6.45, 7) is 0. The second-order valence-corrected chi connectivity index (χ2v) is 7.73. The minimum Gasteiger partial charge on any atom is -0.492 e. The maximum atomic E-state index is 11.2. The number of ketones is 1. The van der Waals surface area contributed by atoms with Crippen LogP contribution in [0, 0.1) is 11.8 Å². The highest BCUT2D eigenvalue weighted by Crippen LogP contribution is 2.46. The Morgan fingerprint density at radius 3 is 2.91 bits per heavy atom. The van der Waals surface area contributed by atoms with Gasteiger partial charge in [-0.2, -0.15) is 4.98 Å². The maximum Gasteiger partial charge on any atom is 0.227 e. The average molecular weight is 316 g/mol. The molecule has 2 N–H and O–H groups in total. The van der Waals surface area contributed by atoms with Crippen LogP contribution in [-0.2, 0) is 11.2 Å². The van der Waals surface area contributed by atoms with Gasteiger partial charge in [0.25, 0.3) is 0 Å². The molecule has 3 aliphatic carbocycles. The zero-order valence-corrected chi connectivity index (χ0v) is 13.2. The number of allylic oxidation sites excluding steroid dienone is 4. The predicted molar refractivity (Wildman–Crippen MR) is 87.2 cm³/mol. The molecule has 0 amide bonds. The molecule has 4 rings (SSSR count). The Balaban J connectivity index is 1.43. The second-order valence-electron chi connectivity index (χ2n) is 6.65. The number of rotatable bonds is 4. The Labute approximate surface area is 134 Å². The molecule has 2 saturated carbocycles. The first-order valence-electron chi connectivity index (χ1n) is 8.02. The molecule has 0 saturated heterocycles. The van der Waals surface area contributed by atoms with Crippen molar-refractivity contribution in [3.05, 3.63) is 28.7 Å². The largest absolute Gasteiger partial charge is 0.492 e. The van der Waals surface area contributed by atoms with Crippen molar-refractivity contribution in [3.8, 4) is 5.88 Å². The minimum absolute atomic E-state index is 0.127. The topological polar surface area (TPSA) is 62.2 Å². The fourth-order valence-electron chi connectivity index (χ4n) is 3.98. The Morgan fingerprint density at radius 2 is 2.23 bits per heavy atom. The average Bonchev–Trinajstić information content (AvgIpc) is 3.18. The number of nitrogens with one attached hydrogen (secondary N) is 1. The van der Waals surface area contributed by atoms with E-state index in [1.54, 1.807) is 6.08 Å². The van der Waals surface area contributed by atoms with Gasteiger partial charge in [0, 0.05) is 18.9 Å². The summed E-state index contributed by atoms with van der Waals surface area (Å²) < 4.78 is 0. The van der Waals surface area contributed by atoms with Gasteiger partial charge in [0.1, 0.15) is 0 Å². The molecule has 22 heavy (non-hydrogen) atoms. The fourth-order valence-corrected chi connectivity index (χ4v) is 4.94. The fraction of sp³-hybridized carbons (Fsp3) is 0.529. The molecule has 1 heterocycles. The lowest BCUT2D eigenvalue weighted by molar-refractivity contribution is -0.113. The van der Waals surface area contributed by atoms with E-state index < -0.39 is 0 Å². The van der Waals surface area contributed by atoms with E-state index in [2.05, 4.69) is 10.3 Å². The van der Waals surface area contributed by atoms with Crippen LogP contribution in [0.3, 0.4) is 0 Å². The smallest absolute Gasteiger partial charge is 0.227 e. The van der Waals surface area contributed by atoms with Gasteiger partial charge in [0.05, 0.1) is 4.88 Å². The molecule has 0 radical (unpaired) electrons. The maximum absolute atomic E-state index is 11.2. The highest BCUT2D eigenvalue weighted by molar-refractivity contribution is 7.15. The molecule has 3 atom stereocenters. The number of carbonyl (C=O) groups excluding carboxylic acids is 1. The molecule has 1 aromatic rings. The third-order valence-electron chi connectivity index (χ3n) is 5.14. The van der Waals surface area contributed by atoms with Crippen LogP contribution in [0.1, 0.15) is 37.0 Å². The number of nitrogens with zero attached hydrogens (tertiary/aromatic N) is 1. The van der Waals surface area contributed by atoms with Crippen LogP contribution in [0.25, 0.3) is 0 Å². The molecular formula is C17H20N2O2S. The number of anilines is 1. The van der Waals surface area contributed by atoms with E-state index in [1.165, 1.54) is 37.0 Å². The molecule has 5 heteroatoms.